The number of halogens is 2. The summed E-state index contributed by atoms with van der Waals surface area (Å²) in [6.07, 6.45) is 2.69. The van der Waals surface area contributed by atoms with Gasteiger partial charge in [-0.15, -0.1) is 0 Å². The van der Waals surface area contributed by atoms with Gasteiger partial charge in [0.15, 0.2) is 9.84 Å². The average molecular weight is 342 g/mol. The van der Waals surface area contributed by atoms with Crippen LogP contribution in [-0.2, 0) is 14.6 Å². The first-order chi connectivity index (χ1) is 10.8. The first kappa shape index (κ1) is 17.3. The molecular weight excluding hydrogens is 326 g/mol. The van der Waals surface area contributed by atoms with Crippen molar-refractivity contribution in [3.63, 3.8) is 0 Å². The molecule has 23 heavy (non-hydrogen) atoms. The van der Waals surface area contributed by atoms with Crippen molar-refractivity contribution < 1.29 is 22.0 Å². The SMILES string of the molecule is N#C[C@H](NC(=O)CS(=O)(=O)C1CCCC1)c1ccc(F)cc1F. The Hall–Kier alpha value is -2.01. The van der Waals surface area contributed by atoms with Crippen LogP contribution in [0.3, 0.4) is 0 Å². The summed E-state index contributed by atoms with van der Waals surface area (Å²) in [5, 5.41) is 10.7. The van der Waals surface area contributed by atoms with E-state index in [1.165, 1.54) is 0 Å². The van der Waals surface area contributed by atoms with Gasteiger partial charge in [0.05, 0.1) is 11.3 Å². The van der Waals surface area contributed by atoms with Gasteiger partial charge in [0.1, 0.15) is 23.4 Å². The molecule has 124 valence electrons. The Kier molecular flexibility index (Phi) is 5.31. The number of nitriles is 1. The van der Waals surface area contributed by atoms with E-state index < -0.39 is 44.4 Å². The number of hydrogen-bond donors (Lipinski definition) is 1. The van der Waals surface area contributed by atoms with Gasteiger partial charge in [-0.3, -0.25) is 4.79 Å². The molecule has 0 aliphatic heterocycles. The minimum atomic E-state index is -3.59. The minimum Gasteiger partial charge on any atom is -0.336 e. The highest BCUT2D eigenvalue weighted by atomic mass is 32.2. The van der Waals surface area contributed by atoms with Gasteiger partial charge in [-0.2, -0.15) is 5.26 Å². The zero-order chi connectivity index (χ0) is 17.0. The van der Waals surface area contributed by atoms with Crippen molar-refractivity contribution in [3.8, 4) is 6.07 Å². The normalized spacial score (nSPS) is 16.7. The van der Waals surface area contributed by atoms with Gasteiger partial charge in [0, 0.05) is 11.6 Å². The third-order valence-corrected chi connectivity index (χ3v) is 6.00. The predicted octanol–water partition coefficient (Wildman–Crippen LogP) is 2.00. The van der Waals surface area contributed by atoms with Gasteiger partial charge in [0.2, 0.25) is 5.91 Å². The molecule has 0 radical (unpaired) electrons. The van der Waals surface area contributed by atoms with Crippen molar-refractivity contribution in [1.29, 1.82) is 5.26 Å². The van der Waals surface area contributed by atoms with Crippen LogP contribution in [0.4, 0.5) is 8.78 Å². The Balaban J connectivity index is 2.07. The fraction of sp³-hybridized carbons (Fsp3) is 0.467. The van der Waals surface area contributed by atoms with Gasteiger partial charge in [-0.1, -0.05) is 18.9 Å². The van der Waals surface area contributed by atoms with Gasteiger partial charge in [-0.05, 0) is 18.9 Å². The van der Waals surface area contributed by atoms with Crippen LogP contribution >= 0.6 is 0 Å². The number of benzene rings is 1. The molecule has 1 aliphatic carbocycles. The van der Waals surface area contributed by atoms with E-state index in [2.05, 4.69) is 5.32 Å². The van der Waals surface area contributed by atoms with Crippen molar-refractivity contribution in [3.05, 3.63) is 35.4 Å². The highest BCUT2D eigenvalue weighted by molar-refractivity contribution is 7.92. The van der Waals surface area contributed by atoms with Crippen LogP contribution < -0.4 is 5.32 Å². The van der Waals surface area contributed by atoms with Crippen LogP contribution in [0.2, 0.25) is 0 Å². The molecule has 0 spiro atoms. The Labute approximate surface area is 133 Å². The van der Waals surface area contributed by atoms with E-state index in [1.54, 1.807) is 6.07 Å². The maximum atomic E-state index is 13.7. The maximum absolute atomic E-state index is 13.7. The number of amides is 1. The lowest BCUT2D eigenvalue weighted by Gasteiger charge is -2.15. The Morgan fingerprint density at radius 1 is 1.35 bits per heavy atom. The molecule has 2 rings (SSSR count). The zero-order valence-corrected chi connectivity index (χ0v) is 13.1. The topological polar surface area (TPSA) is 87.0 Å². The Bertz CT molecular complexity index is 738. The highest BCUT2D eigenvalue weighted by Crippen LogP contribution is 2.25. The molecule has 1 atom stereocenters. The van der Waals surface area contributed by atoms with Crippen molar-refractivity contribution in [2.45, 2.75) is 37.0 Å². The van der Waals surface area contributed by atoms with Crippen molar-refractivity contribution >= 4 is 15.7 Å². The molecule has 1 aromatic carbocycles. The maximum Gasteiger partial charge on any atom is 0.236 e. The van der Waals surface area contributed by atoms with E-state index >= 15 is 0 Å². The van der Waals surface area contributed by atoms with Crippen LogP contribution in [0.15, 0.2) is 18.2 Å². The molecular formula is C15H16F2N2O3S. The number of hydrogen-bond acceptors (Lipinski definition) is 4. The number of rotatable bonds is 5. The van der Waals surface area contributed by atoms with Crippen molar-refractivity contribution in [2.24, 2.45) is 0 Å². The quantitative estimate of drug-likeness (QED) is 0.887. The van der Waals surface area contributed by atoms with E-state index in [0.29, 0.717) is 18.9 Å². The zero-order valence-electron chi connectivity index (χ0n) is 12.3. The molecule has 1 amide bonds. The third-order valence-electron chi connectivity index (χ3n) is 3.85. The second-order valence-corrected chi connectivity index (χ2v) is 7.79. The van der Waals surface area contributed by atoms with Gasteiger partial charge < -0.3 is 5.32 Å². The summed E-state index contributed by atoms with van der Waals surface area (Å²) in [7, 11) is -3.59. The Morgan fingerprint density at radius 2 is 2.00 bits per heavy atom. The first-order valence-corrected chi connectivity index (χ1v) is 8.90. The summed E-state index contributed by atoms with van der Waals surface area (Å²) in [6, 6.07) is 2.91. The molecule has 0 saturated heterocycles. The molecule has 1 N–H and O–H groups in total. The number of nitrogens with zero attached hydrogens (tertiary/aromatic N) is 1. The second-order valence-electron chi connectivity index (χ2n) is 5.51. The third kappa shape index (κ3) is 4.26. The first-order valence-electron chi connectivity index (χ1n) is 7.19. The number of carbonyl (C=O) groups is 1. The van der Waals surface area contributed by atoms with E-state index in [0.717, 1.165) is 25.0 Å². The Morgan fingerprint density at radius 3 is 2.57 bits per heavy atom. The summed E-state index contributed by atoms with van der Waals surface area (Å²) >= 11 is 0. The largest absolute Gasteiger partial charge is 0.336 e. The lowest BCUT2D eigenvalue weighted by Crippen LogP contribution is -2.36. The smallest absolute Gasteiger partial charge is 0.236 e. The monoisotopic (exact) mass is 342 g/mol. The minimum absolute atomic E-state index is 0.208. The predicted molar refractivity (Wildman–Crippen MR) is 78.9 cm³/mol. The highest BCUT2D eigenvalue weighted by Gasteiger charge is 2.31. The number of carbonyl (C=O) groups excluding carboxylic acids is 1. The molecule has 0 heterocycles. The fourth-order valence-corrected chi connectivity index (χ4v) is 4.40. The summed E-state index contributed by atoms with van der Waals surface area (Å²) < 4.78 is 50.7. The lowest BCUT2D eigenvalue weighted by atomic mass is 10.1. The van der Waals surface area contributed by atoms with E-state index in [4.69, 9.17) is 5.26 Å². The molecule has 1 aromatic rings. The number of sulfone groups is 1. The molecule has 1 saturated carbocycles. The van der Waals surface area contributed by atoms with Gasteiger partial charge in [-0.25, -0.2) is 17.2 Å². The molecule has 1 aliphatic rings. The standard InChI is InChI=1S/C15H16F2N2O3S/c16-10-5-6-12(13(17)7-10)14(8-18)19-15(20)9-23(21,22)11-3-1-2-4-11/h5-7,11,14H,1-4,9H2,(H,19,20)/t14-/m0/s1. The lowest BCUT2D eigenvalue weighted by molar-refractivity contribution is -0.119. The van der Waals surface area contributed by atoms with Crippen LogP contribution in [-0.4, -0.2) is 25.3 Å². The summed E-state index contributed by atoms with van der Waals surface area (Å²) in [6.45, 7) is 0. The molecule has 5 nitrogen and oxygen atoms in total. The van der Waals surface area contributed by atoms with Crippen LogP contribution in [0.1, 0.15) is 37.3 Å². The van der Waals surface area contributed by atoms with E-state index in [9.17, 15) is 22.0 Å². The van der Waals surface area contributed by atoms with Crippen LogP contribution in [0, 0.1) is 23.0 Å². The number of nitrogens with one attached hydrogen (secondary N) is 1. The molecule has 1 fully saturated rings. The van der Waals surface area contributed by atoms with Gasteiger partial charge in [0.25, 0.3) is 0 Å². The molecule has 0 aromatic heterocycles. The van der Waals surface area contributed by atoms with E-state index in [1.807, 2.05) is 0 Å². The summed E-state index contributed by atoms with van der Waals surface area (Å²) in [5.74, 6) is -3.39. The van der Waals surface area contributed by atoms with E-state index in [-0.39, 0.29) is 5.56 Å². The van der Waals surface area contributed by atoms with Crippen molar-refractivity contribution in [2.75, 3.05) is 5.75 Å². The molecule has 0 unspecified atom stereocenters. The average Bonchev–Trinajstić information content (AvgIpc) is 3.00. The fourth-order valence-electron chi connectivity index (χ4n) is 2.67. The molecule has 0 bridgehead atoms. The summed E-state index contributed by atoms with van der Waals surface area (Å²) in [4.78, 5) is 11.9. The summed E-state index contributed by atoms with van der Waals surface area (Å²) in [5.41, 5.74) is -0.208. The van der Waals surface area contributed by atoms with Crippen LogP contribution in [0.25, 0.3) is 0 Å². The second kappa shape index (κ2) is 7.04. The molecule has 8 heteroatoms. The van der Waals surface area contributed by atoms with Crippen molar-refractivity contribution in [1.82, 2.24) is 5.32 Å². The van der Waals surface area contributed by atoms with Crippen LogP contribution in [0.5, 0.6) is 0 Å². The van der Waals surface area contributed by atoms with Gasteiger partial charge >= 0.3 is 0 Å².